The van der Waals surface area contributed by atoms with Crippen LogP contribution < -0.4 is 0 Å². The highest BCUT2D eigenvalue weighted by Gasteiger charge is 2.13. The highest BCUT2D eigenvalue weighted by molar-refractivity contribution is 6.06. The first kappa shape index (κ1) is 28.3. The van der Waals surface area contributed by atoms with Crippen molar-refractivity contribution in [3.63, 3.8) is 0 Å². The van der Waals surface area contributed by atoms with Gasteiger partial charge >= 0.3 is 0 Å². The summed E-state index contributed by atoms with van der Waals surface area (Å²) in [5, 5.41) is 6.65. The van der Waals surface area contributed by atoms with Gasteiger partial charge in [0.05, 0.1) is 44.8 Å². The molecule has 10 rings (SSSR count). The number of nitrogens with zero attached hydrogens (tertiary/aromatic N) is 4. The van der Waals surface area contributed by atoms with Gasteiger partial charge in [0.1, 0.15) is 0 Å². The van der Waals surface area contributed by atoms with Crippen molar-refractivity contribution in [3.05, 3.63) is 170 Å². The van der Waals surface area contributed by atoms with E-state index in [0.717, 1.165) is 88.6 Å². The molecule has 0 aliphatic carbocycles. The fourth-order valence-electron chi connectivity index (χ4n) is 7.06. The van der Waals surface area contributed by atoms with Crippen molar-refractivity contribution in [2.24, 2.45) is 0 Å². The summed E-state index contributed by atoms with van der Waals surface area (Å²) in [5.74, 6) is 0. The van der Waals surface area contributed by atoms with Gasteiger partial charge < -0.3 is 0 Å². The van der Waals surface area contributed by atoms with E-state index in [2.05, 4.69) is 152 Å². The fraction of sp³-hybridized carbons (Fsp3) is 0. The molecule has 4 heteroatoms. The number of benzene rings is 6. The van der Waals surface area contributed by atoms with Crippen LogP contribution in [-0.4, -0.2) is 19.9 Å². The van der Waals surface area contributed by atoms with Crippen molar-refractivity contribution in [3.8, 4) is 45.0 Å². The number of aromatic nitrogens is 4. The van der Waals surface area contributed by atoms with Crippen molar-refractivity contribution in [2.75, 3.05) is 0 Å². The van der Waals surface area contributed by atoms with E-state index < -0.39 is 0 Å². The minimum absolute atomic E-state index is 0.892. The lowest BCUT2D eigenvalue weighted by Crippen LogP contribution is -1.92. The number of fused-ring (bicyclic) bond motifs is 7. The van der Waals surface area contributed by atoms with E-state index in [1.165, 1.54) is 10.8 Å². The molecule has 4 heterocycles. The zero-order chi connectivity index (χ0) is 33.0. The normalized spacial score (nSPS) is 11.6. The number of hydrogen-bond acceptors (Lipinski definition) is 4. The van der Waals surface area contributed by atoms with Crippen molar-refractivity contribution < 1.29 is 0 Å². The van der Waals surface area contributed by atoms with Gasteiger partial charge in [-0.1, -0.05) is 140 Å². The Balaban J connectivity index is 1.08. The van der Waals surface area contributed by atoms with Gasteiger partial charge in [0.25, 0.3) is 0 Å². The van der Waals surface area contributed by atoms with E-state index in [1.807, 2.05) is 18.2 Å². The molecule has 4 aromatic heterocycles. The average molecular weight is 637 g/mol. The molecule has 0 saturated heterocycles. The van der Waals surface area contributed by atoms with Crippen molar-refractivity contribution >= 4 is 54.4 Å². The van der Waals surface area contributed by atoms with E-state index in [0.29, 0.717) is 0 Å². The molecule has 50 heavy (non-hydrogen) atoms. The first-order valence-electron chi connectivity index (χ1n) is 16.8. The summed E-state index contributed by atoms with van der Waals surface area (Å²) in [6.45, 7) is 0. The van der Waals surface area contributed by atoms with Gasteiger partial charge in [0, 0.05) is 43.8 Å². The third-order valence-electron chi connectivity index (χ3n) is 9.63. The Morgan fingerprint density at radius 2 is 0.660 bits per heavy atom. The van der Waals surface area contributed by atoms with E-state index in [1.54, 1.807) is 0 Å². The summed E-state index contributed by atoms with van der Waals surface area (Å²) in [6, 6.07) is 59.1. The molecule has 0 bridgehead atoms. The molecule has 0 fully saturated rings. The van der Waals surface area contributed by atoms with E-state index in [-0.39, 0.29) is 0 Å². The predicted molar refractivity (Wildman–Crippen MR) is 207 cm³/mol. The maximum Gasteiger partial charge on any atom is 0.0972 e. The van der Waals surface area contributed by atoms with Gasteiger partial charge in [-0.15, -0.1) is 0 Å². The van der Waals surface area contributed by atoms with E-state index >= 15 is 0 Å². The SMILES string of the molecule is c1ccc(-c2ccc3ccc4ccc(-c5cccc(-c6ccc7ccc8ccc(-c9cccc%10ccccc9%10)nc8c7n6)c5)nc4c3n2)cc1. The molecule has 0 N–H and O–H groups in total. The molecule has 0 spiro atoms. The van der Waals surface area contributed by atoms with Crippen LogP contribution in [-0.2, 0) is 0 Å². The van der Waals surface area contributed by atoms with Crippen LogP contribution >= 0.6 is 0 Å². The minimum atomic E-state index is 0.892. The maximum absolute atomic E-state index is 5.24. The largest absolute Gasteiger partial charge is 0.245 e. The van der Waals surface area contributed by atoms with Crippen LogP contribution in [0.4, 0.5) is 0 Å². The third-order valence-corrected chi connectivity index (χ3v) is 9.63. The number of pyridine rings is 4. The predicted octanol–water partition coefficient (Wildman–Crippen LogP) is 11.7. The zero-order valence-electron chi connectivity index (χ0n) is 27.0. The molecule has 0 amide bonds. The van der Waals surface area contributed by atoms with Crippen LogP contribution in [0.3, 0.4) is 0 Å². The van der Waals surface area contributed by atoms with Gasteiger partial charge in [-0.05, 0) is 41.1 Å². The van der Waals surface area contributed by atoms with Gasteiger partial charge in [0.2, 0.25) is 0 Å². The topological polar surface area (TPSA) is 51.6 Å². The summed E-state index contributed by atoms with van der Waals surface area (Å²) in [5.41, 5.74) is 11.5. The van der Waals surface area contributed by atoms with Gasteiger partial charge in [0.15, 0.2) is 0 Å². The second-order valence-electron chi connectivity index (χ2n) is 12.7. The molecule has 0 unspecified atom stereocenters. The van der Waals surface area contributed by atoms with Crippen LogP contribution in [0.1, 0.15) is 0 Å². The lowest BCUT2D eigenvalue weighted by molar-refractivity contribution is 1.35. The molecule has 0 aliphatic heterocycles. The smallest absolute Gasteiger partial charge is 0.0972 e. The van der Waals surface area contributed by atoms with Gasteiger partial charge in [-0.25, -0.2) is 19.9 Å². The molecule has 0 atom stereocenters. The first-order chi connectivity index (χ1) is 24.7. The Kier molecular flexibility index (Phi) is 6.46. The molecular weight excluding hydrogens is 609 g/mol. The Morgan fingerprint density at radius 3 is 1.24 bits per heavy atom. The Hall–Kier alpha value is -6.78. The summed E-state index contributed by atoms with van der Waals surface area (Å²) >= 11 is 0. The average Bonchev–Trinajstić information content (AvgIpc) is 3.20. The molecule has 0 radical (unpaired) electrons. The summed E-state index contributed by atoms with van der Waals surface area (Å²) in [7, 11) is 0. The number of hydrogen-bond donors (Lipinski definition) is 0. The second-order valence-corrected chi connectivity index (χ2v) is 12.7. The van der Waals surface area contributed by atoms with Crippen LogP contribution in [0.2, 0.25) is 0 Å². The maximum atomic E-state index is 5.24. The Labute approximate surface area is 288 Å². The van der Waals surface area contributed by atoms with Crippen molar-refractivity contribution in [1.29, 1.82) is 0 Å². The van der Waals surface area contributed by atoms with Crippen LogP contribution in [0.15, 0.2) is 170 Å². The zero-order valence-corrected chi connectivity index (χ0v) is 27.0. The van der Waals surface area contributed by atoms with Crippen LogP contribution in [0.5, 0.6) is 0 Å². The molecule has 232 valence electrons. The lowest BCUT2D eigenvalue weighted by Gasteiger charge is -2.11. The summed E-state index contributed by atoms with van der Waals surface area (Å²) in [6.07, 6.45) is 0. The number of rotatable bonds is 4. The van der Waals surface area contributed by atoms with Crippen molar-refractivity contribution in [1.82, 2.24) is 19.9 Å². The standard InChI is InChI=1S/C46H28N4/c1-2-9-30(10-3-1)39-24-20-31-16-17-32-21-25-40(48-44(32)43(31)47-39)35-12-6-13-36(28-35)41-26-22-33-18-19-34-23-27-42(50-46(34)45(33)49-41)38-15-7-11-29-8-4-5-14-37(29)38/h1-28H. The second kappa shape index (κ2) is 11.4. The van der Waals surface area contributed by atoms with Crippen molar-refractivity contribution in [2.45, 2.75) is 0 Å². The van der Waals surface area contributed by atoms with Gasteiger partial charge in [-0.2, -0.15) is 0 Å². The first-order valence-corrected chi connectivity index (χ1v) is 16.8. The quantitative estimate of drug-likeness (QED) is 0.180. The lowest BCUT2D eigenvalue weighted by atomic mass is 10.0. The molecule has 4 nitrogen and oxygen atoms in total. The summed E-state index contributed by atoms with van der Waals surface area (Å²) < 4.78 is 0. The molecule has 0 saturated carbocycles. The van der Waals surface area contributed by atoms with E-state index in [4.69, 9.17) is 19.9 Å². The molecule has 10 aromatic rings. The highest BCUT2D eigenvalue weighted by atomic mass is 14.8. The van der Waals surface area contributed by atoms with E-state index in [9.17, 15) is 0 Å². The highest BCUT2D eigenvalue weighted by Crippen LogP contribution is 2.33. The van der Waals surface area contributed by atoms with Crippen LogP contribution in [0, 0.1) is 0 Å². The molecule has 6 aromatic carbocycles. The monoisotopic (exact) mass is 636 g/mol. The summed E-state index contributed by atoms with van der Waals surface area (Å²) in [4.78, 5) is 20.8. The van der Waals surface area contributed by atoms with Gasteiger partial charge in [-0.3, -0.25) is 0 Å². The minimum Gasteiger partial charge on any atom is -0.245 e. The Bertz CT molecular complexity index is 2930. The Morgan fingerprint density at radius 1 is 0.260 bits per heavy atom. The molecule has 0 aliphatic rings. The van der Waals surface area contributed by atoms with Crippen LogP contribution in [0.25, 0.3) is 99.4 Å². The fourth-order valence-corrected chi connectivity index (χ4v) is 7.06. The third kappa shape index (κ3) is 4.77. The molecular formula is C46H28N4.